The third-order valence-corrected chi connectivity index (χ3v) is 3.54. The van der Waals surface area contributed by atoms with Gasteiger partial charge in [0.2, 0.25) is 0 Å². The Balaban J connectivity index is 2.06. The second-order valence-electron chi connectivity index (χ2n) is 4.29. The number of benzene rings is 1. The molecule has 0 saturated carbocycles. The first-order valence-electron chi connectivity index (χ1n) is 6.18. The maximum atomic E-state index is 12.1. The minimum Gasteiger partial charge on any atom is -0.480 e. The van der Waals surface area contributed by atoms with E-state index in [0.717, 1.165) is 16.2 Å². The first-order chi connectivity index (χ1) is 10.1. The molecule has 6 nitrogen and oxygen atoms in total. The largest absolute Gasteiger partial charge is 0.480 e. The Hall–Kier alpha value is -2.41. The van der Waals surface area contributed by atoms with Gasteiger partial charge in [-0.1, -0.05) is 30.3 Å². The van der Waals surface area contributed by atoms with Crippen molar-refractivity contribution < 1.29 is 19.4 Å². The van der Waals surface area contributed by atoms with Crippen LogP contribution >= 0.6 is 11.3 Å². The van der Waals surface area contributed by atoms with Gasteiger partial charge in [0.15, 0.2) is 5.13 Å². The van der Waals surface area contributed by atoms with Crippen LogP contribution in [0.25, 0.3) is 0 Å². The molecule has 0 aliphatic heterocycles. The lowest BCUT2D eigenvalue weighted by molar-refractivity contribution is -0.135. The molecule has 110 valence electrons. The molecule has 0 aliphatic rings. The second-order valence-corrected chi connectivity index (χ2v) is 5.13. The summed E-state index contributed by atoms with van der Waals surface area (Å²) < 4.78 is 5.15. The molecule has 0 aliphatic carbocycles. The lowest BCUT2D eigenvalue weighted by atomic mass is 10.2. The van der Waals surface area contributed by atoms with Gasteiger partial charge in [-0.15, -0.1) is 11.3 Å². The van der Waals surface area contributed by atoms with Gasteiger partial charge in [0.25, 0.3) is 0 Å². The molecule has 0 saturated heterocycles. The van der Waals surface area contributed by atoms with Gasteiger partial charge < -0.3 is 9.84 Å². The van der Waals surface area contributed by atoms with Crippen LogP contribution in [0.15, 0.2) is 35.7 Å². The molecule has 0 fully saturated rings. The van der Waals surface area contributed by atoms with Crippen molar-refractivity contribution in [2.45, 2.75) is 13.5 Å². The molecule has 21 heavy (non-hydrogen) atoms. The second kappa shape index (κ2) is 6.85. The standard InChI is InChI=1S/C14H14N2O4S/c1-10-9-21-13(15-10)16(7-12(17)18)14(19)20-8-11-5-3-2-4-6-11/h2-6,9H,7-8H2,1H3,(H,17,18). The summed E-state index contributed by atoms with van der Waals surface area (Å²) in [4.78, 5) is 28.1. The van der Waals surface area contributed by atoms with Gasteiger partial charge in [-0.25, -0.2) is 14.7 Å². The first kappa shape index (κ1) is 15.0. The summed E-state index contributed by atoms with van der Waals surface area (Å²) in [6, 6.07) is 9.18. The molecule has 0 atom stereocenters. The fourth-order valence-electron chi connectivity index (χ4n) is 1.61. The molecular formula is C14H14N2O4S. The molecule has 2 rings (SSSR count). The van der Waals surface area contributed by atoms with Gasteiger partial charge in [0.05, 0.1) is 5.69 Å². The molecular weight excluding hydrogens is 292 g/mol. The van der Waals surface area contributed by atoms with E-state index in [1.165, 1.54) is 11.3 Å². The number of thiazole rings is 1. The number of nitrogens with zero attached hydrogens (tertiary/aromatic N) is 2. The van der Waals surface area contributed by atoms with Crippen molar-refractivity contribution in [3.05, 3.63) is 47.0 Å². The number of carbonyl (C=O) groups excluding carboxylic acids is 1. The SMILES string of the molecule is Cc1csc(N(CC(=O)O)C(=O)OCc2ccccc2)n1. The van der Waals surface area contributed by atoms with Crippen LogP contribution in [0.3, 0.4) is 0 Å². The van der Waals surface area contributed by atoms with Crippen LogP contribution in [-0.4, -0.2) is 28.7 Å². The predicted octanol–water partition coefficient (Wildman–Crippen LogP) is 2.68. The highest BCUT2D eigenvalue weighted by Gasteiger charge is 2.23. The van der Waals surface area contributed by atoms with Crippen molar-refractivity contribution in [3.63, 3.8) is 0 Å². The molecule has 1 aromatic carbocycles. The summed E-state index contributed by atoms with van der Waals surface area (Å²) in [6.07, 6.45) is -0.726. The zero-order valence-corrected chi connectivity index (χ0v) is 12.2. The lowest BCUT2D eigenvalue weighted by Crippen LogP contribution is -2.36. The third kappa shape index (κ3) is 4.28. The number of carboxylic acids is 1. The Morgan fingerprint density at radius 2 is 2.05 bits per heavy atom. The topological polar surface area (TPSA) is 79.7 Å². The number of carbonyl (C=O) groups is 2. The highest BCUT2D eigenvalue weighted by Crippen LogP contribution is 2.21. The zero-order valence-electron chi connectivity index (χ0n) is 11.4. The molecule has 0 bridgehead atoms. The summed E-state index contributed by atoms with van der Waals surface area (Å²) in [6.45, 7) is 1.37. The molecule has 1 amide bonds. The highest BCUT2D eigenvalue weighted by molar-refractivity contribution is 7.14. The van der Waals surface area contributed by atoms with Crippen LogP contribution in [0.5, 0.6) is 0 Å². The summed E-state index contributed by atoms with van der Waals surface area (Å²) in [5.41, 5.74) is 1.55. The van der Waals surface area contributed by atoms with E-state index >= 15 is 0 Å². The van der Waals surface area contributed by atoms with Crippen LogP contribution in [-0.2, 0) is 16.1 Å². The fourth-order valence-corrected chi connectivity index (χ4v) is 2.40. The molecule has 1 N–H and O–H groups in total. The summed E-state index contributed by atoms with van der Waals surface area (Å²) in [5, 5.41) is 11.0. The van der Waals surface area contributed by atoms with Crippen molar-refractivity contribution in [1.29, 1.82) is 0 Å². The Morgan fingerprint density at radius 3 is 2.62 bits per heavy atom. The van der Waals surface area contributed by atoms with Crippen molar-refractivity contribution in [2.75, 3.05) is 11.4 Å². The Labute approximate surface area is 125 Å². The fraction of sp³-hybridized carbons (Fsp3) is 0.214. The van der Waals surface area contributed by atoms with E-state index < -0.39 is 18.6 Å². The monoisotopic (exact) mass is 306 g/mol. The van der Waals surface area contributed by atoms with Crippen LogP contribution < -0.4 is 4.90 Å². The van der Waals surface area contributed by atoms with Crippen LogP contribution in [0.2, 0.25) is 0 Å². The van der Waals surface area contributed by atoms with E-state index in [-0.39, 0.29) is 6.61 Å². The Kier molecular flexibility index (Phi) is 4.89. The average molecular weight is 306 g/mol. The summed E-state index contributed by atoms with van der Waals surface area (Å²) in [5.74, 6) is -1.13. The van der Waals surface area contributed by atoms with E-state index in [2.05, 4.69) is 4.98 Å². The first-order valence-corrected chi connectivity index (χ1v) is 7.06. The average Bonchev–Trinajstić information content (AvgIpc) is 2.89. The van der Waals surface area contributed by atoms with Gasteiger partial charge in [-0.05, 0) is 12.5 Å². The van der Waals surface area contributed by atoms with E-state index in [1.807, 2.05) is 30.3 Å². The Morgan fingerprint density at radius 1 is 1.33 bits per heavy atom. The number of carboxylic acid groups (broad SMARTS) is 1. The quantitative estimate of drug-likeness (QED) is 0.918. The number of aliphatic carboxylic acids is 1. The molecule has 1 aromatic heterocycles. The Bertz CT molecular complexity index is 627. The van der Waals surface area contributed by atoms with E-state index in [1.54, 1.807) is 12.3 Å². The molecule has 1 heterocycles. The number of rotatable bonds is 5. The molecule has 2 aromatic rings. The van der Waals surface area contributed by atoms with E-state index in [9.17, 15) is 9.59 Å². The van der Waals surface area contributed by atoms with Crippen molar-refractivity contribution in [3.8, 4) is 0 Å². The lowest BCUT2D eigenvalue weighted by Gasteiger charge is -2.17. The van der Waals surface area contributed by atoms with Gasteiger partial charge in [0.1, 0.15) is 13.2 Å². The number of anilines is 1. The van der Waals surface area contributed by atoms with Crippen LogP contribution in [0.4, 0.5) is 9.93 Å². The minimum absolute atomic E-state index is 0.0835. The van der Waals surface area contributed by atoms with E-state index in [4.69, 9.17) is 9.84 Å². The third-order valence-electron chi connectivity index (χ3n) is 2.56. The molecule has 0 spiro atoms. The molecule has 0 radical (unpaired) electrons. The predicted molar refractivity (Wildman–Crippen MR) is 78.5 cm³/mol. The number of amides is 1. The minimum atomic E-state index is -1.13. The molecule has 7 heteroatoms. The summed E-state index contributed by atoms with van der Waals surface area (Å²) in [7, 11) is 0. The maximum absolute atomic E-state index is 12.1. The maximum Gasteiger partial charge on any atom is 0.417 e. The van der Waals surface area contributed by atoms with E-state index in [0.29, 0.717) is 5.13 Å². The number of aromatic nitrogens is 1. The van der Waals surface area contributed by atoms with Crippen molar-refractivity contribution in [2.24, 2.45) is 0 Å². The van der Waals surface area contributed by atoms with Gasteiger partial charge in [-0.2, -0.15) is 0 Å². The summed E-state index contributed by atoms with van der Waals surface area (Å²) >= 11 is 1.20. The number of hydrogen-bond acceptors (Lipinski definition) is 5. The smallest absolute Gasteiger partial charge is 0.417 e. The van der Waals surface area contributed by atoms with Gasteiger partial charge in [0, 0.05) is 5.38 Å². The molecule has 0 unspecified atom stereocenters. The number of ether oxygens (including phenoxy) is 1. The normalized spacial score (nSPS) is 10.1. The number of hydrogen-bond donors (Lipinski definition) is 1. The van der Waals surface area contributed by atoms with Crippen LogP contribution in [0.1, 0.15) is 11.3 Å². The van der Waals surface area contributed by atoms with Gasteiger partial charge >= 0.3 is 12.1 Å². The van der Waals surface area contributed by atoms with Gasteiger partial charge in [-0.3, -0.25) is 4.79 Å². The van der Waals surface area contributed by atoms with Crippen molar-refractivity contribution in [1.82, 2.24) is 4.98 Å². The zero-order chi connectivity index (χ0) is 15.2. The highest BCUT2D eigenvalue weighted by atomic mass is 32.1. The number of aryl methyl sites for hydroxylation is 1. The van der Waals surface area contributed by atoms with Crippen LogP contribution in [0, 0.1) is 6.92 Å². The van der Waals surface area contributed by atoms with Crippen molar-refractivity contribution >= 4 is 28.5 Å².